The SMILES string of the molecule is O=C(c1ccc(-c2cnc3[nH]c4ccc([N+](=O)[O-])cc4c3c2-c2ccccc2)cc1)N1CCCCC1. The number of nitro benzene ring substituents is 1. The zero-order valence-electron chi connectivity index (χ0n) is 19.6. The van der Waals surface area contributed by atoms with E-state index in [0.29, 0.717) is 11.2 Å². The van der Waals surface area contributed by atoms with Crippen LogP contribution in [-0.4, -0.2) is 38.8 Å². The van der Waals surface area contributed by atoms with Gasteiger partial charge in [-0.2, -0.15) is 0 Å². The summed E-state index contributed by atoms with van der Waals surface area (Å²) < 4.78 is 0. The lowest BCUT2D eigenvalue weighted by molar-refractivity contribution is -0.384. The summed E-state index contributed by atoms with van der Waals surface area (Å²) in [5.41, 5.74) is 5.94. The van der Waals surface area contributed by atoms with Crippen LogP contribution in [0, 0.1) is 10.1 Å². The second-order valence-electron chi connectivity index (χ2n) is 9.18. The van der Waals surface area contributed by atoms with Crippen LogP contribution in [-0.2, 0) is 0 Å². The van der Waals surface area contributed by atoms with Crippen molar-refractivity contribution in [1.82, 2.24) is 14.9 Å². The van der Waals surface area contributed by atoms with Gasteiger partial charge in [0.1, 0.15) is 5.65 Å². The highest BCUT2D eigenvalue weighted by Gasteiger charge is 2.21. The zero-order chi connectivity index (χ0) is 24.6. The number of hydrogen-bond acceptors (Lipinski definition) is 4. The number of benzene rings is 3. The summed E-state index contributed by atoms with van der Waals surface area (Å²) in [7, 11) is 0. The van der Waals surface area contributed by atoms with Crippen LogP contribution in [0.2, 0.25) is 0 Å². The van der Waals surface area contributed by atoms with E-state index in [4.69, 9.17) is 0 Å². The number of rotatable bonds is 4. The molecule has 2 aromatic heterocycles. The topological polar surface area (TPSA) is 92.1 Å². The fraction of sp³-hybridized carbons (Fsp3) is 0.172. The first-order chi connectivity index (χ1) is 17.6. The van der Waals surface area contributed by atoms with E-state index in [2.05, 4.69) is 9.97 Å². The summed E-state index contributed by atoms with van der Waals surface area (Å²) in [4.78, 5) is 34.0. The van der Waals surface area contributed by atoms with Gasteiger partial charge in [-0.25, -0.2) is 4.98 Å². The molecule has 5 aromatic rings. The minimum atomic E-state index is -0.379. The number of amides is 1. The van der Waals surface area contributed by atoms with Crippen molar-refractivity contribution in [2.75, 3.05) is 13.1 Å². The van der Waals surface area contributed by atoms with Crippen LogP contribution in [0.3, 0.4) is 0 Å². The molecule has 1 aliphatic heterocycles. The molecule has 3 aromatic carbocycles. The van der Waals surface area contributed by atoms with Crippen LogP contribution in [0.25, 0.3) is 44.2 Å². The van der Waals surface area contributed by atoms with Gasteiger partial charge >= 0.3 is 0 Å². The number of nitrogens with zero attached hydrogens (tertiary/aromatic N) is 3. The smallest absolute Gasteiger partial charge is 0.270 e. The molecule has 6 rings (SSSR count). The lowest BCUT2D eigenvalue weighted by Gasteiger charge is -2.26. The number of non-ortho nitro benzene ring substituents is 1. The van der Waals surface area contributed by atoms with Gasteiger partial charge in [-0.1, -0.05) is 42.5 Å². The van der Waals surface area contributed by atoms with Gasteiger partial charge in [-0.05, 0) is 48.6 Å². The van der Waals surface area contributed by atoms with Crippen molar-refractivity contribution >= 4 is 33.5 Å². The van der Waals surface area contributed by atoms with Crippen molar-refractivity contribution in [3.05, 3.63) is 94.7 Å². The van der Waals surface area contributed by atoms with Gasteiger partial charge in [0.25, 0.3) is 11.6 Å². The highest BCUT2D eigenvalue weighted by atomic mass is 16.6. The van der Waals surface area contributed by atoms with E-state index < -0.39 is 0 Å². The van der Waals surface area contributed by atoms with Crippen molar-refractivity contribution < 1.29 is 9.72 Å². The lowest BCUT2D eigenvalue weighted by Crippen LogP contribution is -2.35. The Morgan fingerprint density at radius 3 is 2.39 bits per heavy atom. The van der Waals surface area contributed by atoms with E-state index in [0.717, 1.165) is 64.5 Å². The molecule has 0 spiro atoms. The molecule has 7 heteroatoms. The standard InChI is InChI=1S/C29H24N4O3/c34-29(32-15-5-2-6-16-32)21-11-9-19(10-12-21)24-18-30-28-27(26(24)20-7-3-1-4-8-20)23-17-22(33(35)36)13-14-25(23)31-28/h1,3-4,7-14,17-18H,2,5-6,15-16H2,(H,30,31). The van der Waals surface area contributed by atoms with E-state index in [9.17, 15) is 14.9 Å². The normalized spacial score (nSPS) is 13.8. The van der Waals surface area contributed by atoms with Crippen LogP contribution in [0.4, 0.5) is 5.69 Å². The number of nitro groups is 1. The Hall–Kier alpha value is -4.52. The molecule has 0 unspecified atom stereocenters. The third-order valence-electron chi connectivity index (χ3n) is 6.96. The average molecular weight is 477 g/mol. The van der Waals surface area contributed by atoms with Crippen LogP contribution >= 0.6 is 0 Å². The molecule has 1 saturated heterocycles. The monoisotopic (exact) mass is 476 g/mol. The fourth-order valence-electron chi connectivity index (χ4n) is 5.15. The Balaban J connectivity index is 1.52. The van der Waals surface area contributed by atoms with Crippen LogP contribution < -0.4 is 0 Å². The molecule has 36 heavy (non-hydrogen) atoms. The maximum absolute atomic E-state index is 13.0. The van der Waals surface area contributed by atoms with Gasteiger partial charge in [-0.15, -0.1) is 0 Å². The van der Waals surface area contributed by atoms with Crippen molar-refractivity contribution in [1.29, 1.82) is 0 Å². The van der Waals surface area contributed by atoms with E-state index >= 15 is 0 Å². The first kappa shape index (κ1) is 22.0. The van der Waals surface area contributed by atoms with Crippen LogP contribution in [0.5, 0.6) is 0 Å². The predicted octanol–water partition coefficient (Wildman–Crippen LogP) is 6.58. The number of nitrogens with one attached hydrogen (secondary N) is 1. The quantitative estimate of drug-likeness (QED) is 0.234. The van der Waals surface area contributed by atoms with Gasteiger partial charge in [0.15, 0.2) is 0 Å². The average Bonchev–Trinajstić information content (AvgIpc) is 3.31. The Labute approximate surface area is 207 Å². The Morgan fingerprint density at radius 1 is 0.917 bits per heavy atom. The minimum Gasteiger partial charge on any atom is -0.339 e. The first-order valence-corrected chi connectivity index (χ1v) is 12.1. The number of carbonyl (C=O) groups is 1. The Kier molecular flexibility index (Phi) is 5.45. The third kappa shape index (κ3) is 3.79. The number of aromatic nitrogens is 2. The number of carbonyl (C=O) groups excluding carboxylic acids is 1. The number of likely N-dealkylation sites (tertiary alicyclic amines) is 1. The first-order valence-electron chi connectivity index (χ1n) is 12.1. The molecule has 0 aliphatic carbocycles. The second-order valence-corrected chi connectivity index (χ2v) is 9.18. The van der Waals surface area contributed by atoms with E-state index in [1.807, 2.05) is 65.7 Å². The summed E-state index contributed by atoms with van der Waals surface area (Å²) in [6, 6.07) is 22.5. The summed E-state index contributed by atoms with van der Waals surface area (Å²) in [6.45, 7) is 1.62. The molecule has 178 valence electrons. The van der Waals surface area contributed by atoms with E-state index in [-0.39, 0.29) is 16.5 Å². The molecule has 7 nitrogen and oxygen atoms in total. The zero-order valence-corrected chi connectivity index (χ0v) is 19.6. The van der Waals surface area contributed by atoms with Gasteiger partial charge in [0, 0.05) is 64.4 Å². The summed E-state index contributed by atoms with van der Waals surface area (Å²) in [6.07, 6.45) is 5.12. The highest BCUT2D eigenvalue weighted by Crippen LogP contribution is 2.41. The molecule has 3 heterocycles. The van der Waals surface area contributed by atoms with E-state index in [1.54, 1.807) is 12.1 Å². The van der Waals surface area contributed by atoms with Crippen molar-refractivity contribution in [2.45, 2.75) is 19.3 Å². The highest BCUT2D eigenvalue weighted by molar-refractivity contribution is 6.16. The molecule has 1 aliphatic rings. The lowest BCUT2D eigenvalue weighted by atomic mass is 9.92. The molecule has 0 saturated carbocycles. The fourth-order valence-corrected chi connectivity index (χ4v) is 5.15. The maximum atomic E-state index is 13.0. The van der Waals surface area contributed by atoms with Crippen molar-refractivity contribution in [2.24, 2.45) is 0 Å². The second kappa shape index (κ2) is 8.92. The Bertz CT molecular complexity index is 1600. The summed E-state index contributed by atoms with van der Waals surface area (Å²) in [5, 5.41) is 13.1. The van der Waals surface area contributed by atoms with Crippen molar-refractivity contribution in [3.8, 4) is 22.3 Å². The molecule has 1 amide bonds. The van der Waals surface area contributed by atoms with Gasteiger partial charge in [-0.3, -0.25) is 14.9 Å². The molecule has 0 atom stereocenters. The number of H-pyrrole nitrogens is 1. The molecular formula is C29H24N4O3. The molecule has 0 bridgehead atoms. The van der Waals surface area contributed by atoms with Crippen LogP contribution in [0.15, 0.2) is 79.0 Å². The number of piperidine rings is 1. The number of aromatic amines is 1. The minimum absolute atomic E-state index is 0.0355. The maximum Gasteiger partial charge on any atom is 0.270 e. The molecule has 1 fully saturated rings. The number of hydrogen-bond donors (Lipinski definition) is 1. The number of fused-ring (bicyclic) bond motifs is 3. The van der Waals surface area contributed by atoms with Crippen LogP contribution in [0.1, 0.15) is 29.6 Å². The van der Waals surface area contributed by atoms with Gasteiger partial charge in [0.05, 0.1) is 4.92 Å². The summed E-state index contributed by atoms with van der Waals surface area (Å²) in [5.74, 6) is 0.0713. The Morgan fingerprint density at radius 2 is 1.67 bits per heavy atom. The summed E-state index contributed by atoms with van der Waals surface area (Å²) >= 11 is 0. The molecule has 1 N–H and O–H groups in total. The largest absolute Gasteiger partial charge is 0.339 e. The number of pyridine rings is 1. The van der Waals surface area contributed by atoms with E-state index in [1.165, 1.54) is 12.5 Å². The molecular weight excluding hydrogens is 452 g/mol. The predicted molar refractivity (Wildman–Crippen MR) is 141 cm³/mol. The molecule has 0 radical (unpaired) electrons. The van der Waals surface area contributed by atoms with Gasteiger partial charge in [0.2, 0.25) is 0 Å². The van der Waals surface area contributed by atoms with Gasteiger partial charge < -0.3 is 9.88 Å². The third-order valence-corrected chi connectivity index (χ3v) is 6.96. The van der Waals surface area contributed by atoms with Crippen molar-refractivity contribution in [3.63, 3.8) is 0 Å².